The molecule has 4 N–H and O–H groups in total. The molecule has 0 fully saturated rings. The van der Waals surface area contributed by atoms with Crippen LogP contribution >= 0.6 is 11.3 Å². The number of hydrazine groups is 1. The van der Waals surface area contributed by atoms with Crippen LogP contribution in [0, 0.1) is 0 Å². The summed E-state index contributed by atoms with van der Waals surface area (Å²) in [5.74, 6) is 5.05. The van der Waals surface area contributed by atoms with Crippen LogP contribution in [0.25, 0.3) is 10.1 Å². The molecular formula is C14H12N4OS. The van der Waals surface area contributed by atoms with Crippen LogP contribution in [0.5, 0.6) is 0 Å². The van der Waals surface area contributed by atoms with Gasteiger partial charge in [0.15, 0.2) is 0 Å². The molecule has 0 unspecified atom stereocenters. The van der Waals surface area contributed by atoms with E-state index < -0.39 is 0 Å². The number of anilines is 2. The fraction of sp³-hybridized carbons (Fsp3) is 0. The van der Waals surface area contributed by atoms with E-state index in [-0.39, 0.29) is 5.91 Å². The molecule has 5 nitrogen and oxygen atoms in total. The zero-order valence-corrected chi connectivity index (χ0v) is 11.3. The summed E-state index contributed by atoms with van der Waals surface area (Å²) >= 11 is 1.67. The summed E-state index contributed by atoms with van der Waals surface area (Å²) in [6.07, 6.45) is 1.53. The third-order valence-electron chi connectivity index (χ3n) is 2.87. The van der Waals surface area contributed by atoms with Gasteiger partial charge in [0, 0.05) is 16.6 Å². The molecule has 0 saturated heterocycles. The number of fused-ring (bicyclic) bond motifs is 1. The van der Waals surface area contributed by atoms with Crippen molar-refractivity contribution in [1.82, 2.24) is 4.98 Å². The molecule has 0 saturated carbocycles. The number of amides is 1. The SMILES string of the molecule is NNc1ccnc(C(=O)Nc2ccc3sccc3c2)c1. The van der Waals surface area contributed by atoms with E-state index in [4.69, 9.17) is 5.84 Å². The molecule has 0 bridgehead atoms. The lowest BCUT2D eigenvalue weighted by atomic mass is 10.2. The molecule has 0 atom stereocenters. The van der Waals surface area contributed by atoms with Crippen LogP contribution in [0.2, 0.25) is 0 Å². The second-order valence-corrected chi connectivity index (χ2v) is 5.15. The first-order valence-corrected chi connectivity index (χ1v) is 6.85. The summed E-state index contributed by atoms with van der Waals surface area (Å²) in [6.45, 7) is 0. The molecular weight excluding hydrogens is 272 g/mol. The average molecular weight is 284 g/mol. The predicted molar refractivity (Wildman–Crippen MR) is 81.8 cm³/mol. The fourth-order valence-electron chi connectivity index (χ4n) is 1.88. The number of aromatic nitrogens is 1. The molecule has 100 valence electrons. The first kappa shape index (κ1) is 12.6. The lowest BCUT2D eigenvalue weighted by molar-refractivity contribution is 0.102. The van der Waals surface area contributed by atoms with Crippen molar-refractivity contribution < 1.29 is 4.79 Å². The first-order chi connectivity index (χ1) is 9.76. The topological polar surface area (TPSA) is 80.0 Å². The number of benzene rings is 1. The van der Waals surface area contributed by atoms with Gasteiger partial charge < -0.3 is 10.7 Å². The van der Waals surface area contributed by atoms with E-state index in [2.05, 4.69) is 15.7 Å². The molecule has 0 radical (unpaired) electrons. The summed E-state index contributed by atoms with van der Waals surface area (Å²) in [5.41, 5.74) is 4.18. The highest BCUT2D eigenvalue weighted by Gasteiger charge is 2.08. The third-order valence-corrected chi connectivity index (χ3v) is 3.77. The fourth-order valence-corrected chi connectivity index (χ4v) is 2.65. The van der Waals surface area contributed by atoms with Crippen LogP contribution in [-0.4, -0.2) is 10.9 Å². The Morgan fingerprint density at radius 1 is 1.15 bits per heavy atom. The van der Waals surface area contributed by atoms with Crippen molar-refractivity contribution in [2.45, 2.75) is 0 Å². The Kier molecular flexibility index (Phi) is 3.32. The Labute approximate surface area is 119 Å². The summed E-state index contributed by atoms with van der Waals surface area (Å²) in [4.78, 5) is 16.1. The van der Waals surface area contributed by atoms with Gasteiger partial charge in [0.25, 0.3) is 5.91 Å². The van der Waals surface area contributed by atoms with Crippen LogP contribution < -0.4 is 16.6 Å². The number of nitrogen functional groups attached to an aromatic ring is 1. The van der Waals surface area contributed by atoms with E-state index in [1.54, 1.807) is 23.5 Å². The van der Waals surface area contributed by atoms with Crippen molar-refractivity contribution in [2.75, 3.05) is 10.7 Å². The standard InChI is InChI=1S/C14H12N4OS/c15-18-11-3-5-16-12(8-11)14(19)17-10-1-2-13-9(7-10)4-6-20-13/h1-8H,15H2,(H,16,18)(H,17,19). The zero-order chi connectivity index (χ0) is 13.9. The van der Waals surface area contributed by atoms with E-state index in [1.165, 1.54) is 10.9 Å². The maximum atomic E-state index is 12.1. The van der Waals surface area contributed by atoms with Crippen LogP contribution in [-0.2, 0) is 0 Å². The molecule has 6 heteroatoms. The van der Waals surface area contributed by atoms with Crippen LogP contribution in [0.4, 0.5) is 11.4 Å². The molecule has 0 aliphatic rings. The number of pyridine rings is 1. The van der Waals surface area contributed by atoms with Crippen molar-refractivity contribution in [3.8, 4) is 0 Å². The molecule has 3 rings (SSSR count). The number of thiophene rings is 1. The minimum absolute atomic E-state index is 0.267. The van der Waals surface area contributed by atoms with Gasteiger partial charge in [-0.1, -0.05) is 0 Å². The van der Waals surface area contributed by atoms with Gasteiger partial charge in [-0.3, -0.25) is 15.6 Å². The van der Waals surface area contributed by atoms with Gasteiger partial charge in [0.2, 0.25) is 0 Å². The normalized spacial score (nSPS) is 10.4. The van der Waals surface area contributed by atoms with Crippen LogP contribution in [0.3, 0.4) is 0 Å². The van der Waals surface area contributed by atoms with Gasteiger partial charge in [-0.15, -0.1) is 11.3 Å². The van der Waals surface area contributed by atoms with Crippen molar-refractivity contribution in [3.05, 3.63) is 53.7 Å². The zero-order valence-electron chi connectivity index (χ0n) is 10.5. The van der Waals surface area contributed by atoms with Crippen LogP contribution in [0.15, 0.2) is 48.0 Å². The van der Waals surface area contributed by atoms with E-state index in [0.29, 0.717) is 11.4 Å². The van der Waals surface area contributed by atoms with Crippen molar-refractivity contribution in [2.24, 2.45) is 5.84 Å². The average Bonchev–Trinajstić information content (AvgIpc) is 2.95. The number of nitrogens with one attached hydrogen (secondary N) is 2. The second-order valence-electron chi connectivity index (χ2n) is 4.20. The maximum Gasteiger partial charge on any atom is 0.274 e. The van der Waals surface area contributed by atoms with Gasteiger partial charge in [-0.2, -0.15) is 0 Å². The minimum atomic E-state index is -0.267. The van der Waals surface area contributed by atoms with Crippen molar-refractivity contribution >= 4 is 38.7 Å². The van der Waals surface area contributed by atoms with E-state index in [1.807, 2.05) is 29.6 Å². The number of nitrogens with two attached hydrogens (primary N) is 1. The van der Waals surface area contributed by atoms with E-state index in [9.17, 15) is 4.79 Å². The molecule has 0 spiro atoms. The Hall–Kier alpha value is -2.44. The number of carbonyl (C=O) groups is 1. The Morgan fingerprint density at radius 2 is 2.05 bits per heavy atom. The Bertz CT molecular complexity index is 768. The quantitative estimate of drug-likeness (QED) is 0.510. The van der Waals surface area contributed by atoms with E-state index >= 15 is 0 Å². The largest absolute Gasteiger partial charge is 0.324 e. The molecule has 20 heavy (non-hydrogen) atoms. The highest BCUT2D eigenvalue weighted by atomic mass is 32.1. The van der Waals surface area contributed by atoms with E-state index in [0.717, 1.165) is 11.1 Å². The Morgan fingerprint density at radius 3 is 2.90 bits per heavy atom. The molecule has 2 heterocycles. The van der Waals surface area contributed by atoms with Gasteiger partial charge >= 0.3 is 0 Å². The highest BCUT2D eigenvalue weighted by molar-refractivity contribution is 7.17. The first-order valence-electron chi connectivity index (χ1n) is 5.97. The number of hydrogen-bond acceptors (Lipinski definition) is 5. The minimum Gasteiger partial charge on any atom is -0.324 e. The lowest BCUT2D eigenvalue weighted by Crippen LogP contribution is -2.15. The molecule has 0 aliphatic carbocycles. The summed E-state index contributed by atoms with van der Waals surface area (Å²) < 4.78 is 1.19. The molecule has 1 amide bonds. The molecule has 0 aliphatic heterocycles. The second kappa shape index (κ2) is 5.28. The van der Waals surface area contributed by atoms with Crippen molar-refractivity contribution in [3.63, 3.8) is 0 Å². The van der Waals surface area contributed by atoms with Crippen LogP contribution in [0.1, 0.15) is 10.5 Å². The van der Waals surface area contributed by atoms with Gasteiger partial charge in [0.1, 0.15) is 5.69 Å². The highest BCUT2D eigenvalue weighted by Crippen LogP contribution is 2.24. The van der Waals surface area contributed by atoms with Gasteiger partial charge in [-0.25, -0.2) is 0 Å². The number of rotatable bonds is 3. The molecule has 3 aromatic rings. The monoisotopic (exact) mass is 284 g/mol. The Balaban J connectivity index is 1.83. The van der Waals surface area contributed by atoms with Gasteiger partial charge in [-0.05, 0) is 47.2 Å². The third kappa shape index (κ3) is 2.47. The predicted octanol–water partition coefficient (Wildman–Crippen LogP) is 2.83. The van der Waals surface area contributed by atoms with Crippen molar-refractivity contribution in [1.29, 1.82) is 0 Å². The maximum absolute atomic E-state index is 12.1. The molecule has 1 aromatic carbocycles. The smallest absolute Gasteiger partial charge is 0.274 e. The summed E-state index contributed by atoms with van der Waals surface area (Å²) in [7, 11) is 0. The molecule has 2 aromatic heterocycles. The number of carbonyl (C=O) groups excluding carboxylic acids is 1. The lowest BCUT2D eigenvalue weighted by Gasteiger charge is -2.06. The number of hydrogen-bond donors (Lipinski definition) is 3. The number of nitrogens with zero attached hydrogens (tertiary/aromatic N) is 1. The summed E-state index contributed by atoms with van der Waals surface area (Å²) in [5, 5.41) is 5.96. The van der Waals surface area contributed by atoms with Gasteiger partial charge in [0.05, 0.1) is 5.69 Å². The summed E-state index contributed by atoms with van der Waals surface area (Å²) in [6, 6.07) is 11.1.